The summed E-state index contributed by atoms with van der Waals surface area (Å²) in [7, 11) is 0. The van der Waals surface area contributed by atoms with Crippen molar-refractivity contribution < 1.29 is 19.8 Å². The summed E-state index contributed by atoms with van der Waals surface area (Å²) < 4.78 is 0. The summed E-state index contributed by atoms with van der Waals surface area (Å²) in [4.78, 5) is 27.0. The van der Waals surface area contributed by atoms with Crippen LogP contribution in [0.3, 0.4) is 0 Å². The number of β-amino-alcohol motifs (C(OH)–C–C–N with tert-alkyl or cyclic N) is 1. The number of nitrogens with one attached hydrogen (secondary N) is 1. The zero-order valence-electron chi connectivity index (χ0n) is 12.2. The second-order valence-corrected chi connectivity index (χ2v) is 5.42. The zero-order valence-corrected chi connectivity index (χ0v) is 12.2. The average Bonchev–Trinajstić information content (AvgIpc) is 2.61. The molecule has 1 rings (SSSR count). The first-order chi connectivity index (χ1) is 9.45. The lowest BCUT2D eigenvalue weighted by Crippen LogP contribution is -2.50. The standard InChI is InChI=1S/C13H25N3O4/c1-10(2)11(12(18)19)14-13(20)16-5-3-4-15(6-7-16)8-9-17/h10-11,17H,3-9H2,1-2H3,(H,14,20)(H,18,19)/t11-/m1/s1. The Morgan fingerprint density at radius 3 is 2.45 bits per heavy atom. The summed E-state index contributed by atoms with van der Waals surface area (Å²) in [5.41, 5.74) is 0. The number of carbonyl (C=O) groups excluding carboxylic acids is 1. The maximum atomic E-state index is 12.1. The zero-order chi connectivity index (χ0) is 15.1. The summed E-state index contributed by atoms with van der Waals surface area (Å²) in [6, 6.07) is -1.18. The van der Waals surface area contributed by atoms with Gasteiger partial charge < -0.3 is 20.4 Å². The molecule has 0 radical (unpaired) electrons. The largest absolute Gasteiger partial charge is 0.480 e. The predicted octanol–water partition coefficient (Wildman–Crippen LogP) is -0.195. The van der Waals surface area contributed by atoms with Crippen molar-refractivity contribution in [2.45, 2.75) is 26.3 Å². The van der Waals surface area contributed by atoms with E-state index in [0.29, 0.717) is 26.2 Å². The summed E-state index contributed by atoms with van der Waals surface area (Å²) in [5, 5.41) is 20.6. The van der Waals surface area contributed by atoms with E-state index in [1.165, 1.54) is 0 Å². The molecule has 1 aliphatic heterocycles. The number of hydrogen-bond donors (Lipinski definition) is 3. The van der Waals surface area contributed by atoms with Crippen LogP contribution in [-0.2, 0) is 4.79 Å². The molecule has 0 unspecified atom stereocenters. The summed E-state index contributed by atoms with van der Waals surface area (Å²) in [6.45, 7) is 6.97. The molecule has 116 valence electrons. The minimum Gasteiger partial charge on any atom is -0.480 e. The number of nitrogens with zero attached hydrogens (tertiary/aromatic N) is 2. The smallest absolute Gasteiger partial charge is 0.326 e. The van der Waals surface area contributed by atoms with Gasteiger partial charge in [-0.25, -0.2) is 9.59 Å². The number of aliphatic carboxylic acids is 1. The highest BCUT2D eigenvalue weighted by atomic mass is 16.4. The summed E-state index contributed by atoms with van der Waals surface area (Å²) in [5.74, 6) is -1.17. The van der Waals surface area contributed by atoms with Crippen molar-refractivity contribution >= 4 is 12.0 Å². The van der Waals surface area contributed by atoms with Crippen LogP contribution < -0.4 is 5.32 Å². The fourth-order valence-corrected chi connectivity index (χ4v) is 2.28. The van der Waals surface area contributed by atoms with Crippen LogP contribution in [0, 0.1) is 5.92 Å². The Balaban J connectivity index is 2.52. The fourth-order valence-electron chi connectivity index (χ4n) is 2.28. The van der Waals surface area contributed by atoms with E-state index in [1.807, 2.05) is 0 Å². The van der Waals surface area contributed by atoms with E-state index in [9.17, 15) is 9.59 Å². The number of carboxylic acid groups (broad SMARTS) is 1. The second kappa shape index (κ2) is 8.06. The van der Waals surface area contributed by atoms with Crippen molar-refractivity contribution in [3.63, 3.8) is 0 Å². The van der Waals surface area contributed by atoms with Crippen molar-refractivity contribution in [3.8, 4) is 0 Å². The molecule has 1 heterocycles. The Morgan fingerprint density at radius 1 is 1.20 bits per heavy atom. The number of rotatable bonds is 5. The van der Waals surface area contributed by atoms with Crippen LogP contribution in [0.1, 0.15) is 20.3 Å². The van der Waals surface area contributed by atoms with E-state index in [-0.39, 0.29) is 18.6 Å². The molecule has 1 aliphatic rings. The number of hydrogen-bond acceptors (Lipinski definition) is 4. The Morgan fingerprint density at radius 2 is 1.90 bits per heavy atom. The molecule has 0 aromatic rings. The van der Waals surface area contributed by atoms with Gasteiger partial charge in [0.1, 0.15) is 6.04 Å². The Hall–Kier alpha value is -1.34. The van der Waals surface area contributed by atoms with Crippen molar-refractivity contribution in [1.82, 2.24) is 15.1 Å². The number of carboxylic acids is 1. The third-order valence-electron chi connectivity index (χ3n) is 3.50. The van der Waals surface area contributed by atoms with Gasteiger partial charge in [0, 0.05) is 26.2 Å². The normalized spacial score (nSPS) is 18.7. The highest BCUT2D eigenvalue weighted by molar-refractivity contribution is 5.82. The van der Waals surface area contributed by atoms with Crippen molar-refractivity contribution in [3.05, 3.63) is 0 Å². The number of aliphatic hydroxyl groups is 1. The Kier molecular flexibility index (Phi) is 6.74. The van der Waals surface area contributed by atoms with Crippen LogP contribution in [0.15, 0.2) is 0 Å². The lowest BCUT2D eigenvalue weighted by atomic mass is 10.1. The first kappa shape index (κ1) is 16.7. The average molecular weight is 287 g/mol. The molecular formula is C13H25N3O4. The van der Waals surface area contributed by atoms with E-state index in [4.69, 9.17) is 10.2 Å². The number of amides is 2. The molecule has 20 heavy (non-hydrogen) atoms. The molecule has 1 saturated heterocycles. The van der Waals surface area contributed by atoms with E-state index < -0.39 is 12.0 Å². The van der Waals surface area contributed by atoms with Crippen LogP contribution in [0.4, 0.5) is 4.79 Å². The van der Waals surface area contributed by atoms with E-state index in [1.54, 1.807) is 18.7 Å². The molecule has 7 heteroatoms. The van der Waals surface area contributed by atoms with Gasteiger partial charge in [0.2, 0.25) is 0 Å². The Bertz CT molecular complexity index is 336. The number of aliphatic hydroxyl groups excluding tert-OH is 1. The molecule has 7 nitrogen and oxygen atoms in total. The monoisotopic (exact) mass is 287 g/mol. The molecule has 1 fully saturated rings. The predicted molar refractivity (Wildman–Crippen MR) is 74.5 cm³/mol. The summed E-state index contributed by atoms with van der Waals surface area (Å²) >= 11 is 0. The highest BCUT2D eigenvalue weighted by Gasteiger charge is 2.26. The molecule has 2 amide bonds. The van der Waals surface area contributed by atoms with Crippen LogP contribution in [0.25, 0.3) is 0 Å². The van der Waals surface area contributed by atoms with Crippen LogP contribution in [0.2, 0.25) is 0 Å². The van der Waals surface area contributed by atoms with Crippen molar-refractivity contribution in [2.24, 2.45) is 5.92 Å². The maximum Gasteiger partial charge on any atom is 0.326 e. The third kappa shape index (κ3) is 4.97. The van der Waals surface area contributed by atoms with Gasteiger partial charge in [-0.3, -0.25) is 4.90 Å². The summed E-state index contributed by atoms with van der Waals surface area (Å²) in [6.07, 6.45) is 0.826. The lowest BCUT2D eigenvalue weighted by molar-refractivity contribution is -0.140. The number of carbonyl (C=O) groups is 2. The minimum absolute atomic E-state index is 0.112. The first-order valence-corrected chi connectivity index (χ1v) is 7.07. The maximum absolute atomic E-state index is 12.1. The van der Waals surface area contributed by atoms with Gasteiger partial charge >= 0.3 is 12.0 Å². The molecule has 0 spiro atoms. The van der Waals surface area contributed by atoms with E-state index >= 15 is 0 Å². The van der Waals surface area contributed by atoms with Gasteiger partial charge in [0.05, 0.1) is 6.61 Å². The van der Waals surface area contributed by atoms with E-state index in [0.717, 1.165) is 13.0 Å². The molecule has 0 aliphatic carbocycles. The topological polar surface area (TPSA) is 93.1 Å². The second-order valence-electron chi connectivity index (χ2n) is 5.42. The van der Waals surface area contributed by atoms with Gasteiger partial charge in [0.25, 0.3) is 0 Å². The van der Waals surface area contributed by atoms with Gasteiger partial charge in [-0.1, -0.05) is 13.8 Å². The first-order valence-electron chi connectivity index (χ1n) is 7.07. The SMILES string of the molecule is CC(C)[C@@H](NC(=O)N1CCCN(CCO)CC1)C(=O)O. The van der Waals surface area contributed by atoms with Gasteiger partial charge in [0.15, 0.2) is 0 Å². The molecule has 1 atom stereocenters. The minimum atomic E-state index is -1.01. The molecule has 0 aromatic carbocycles. The Labute approximate surface area is 119 Å². The molecule has 0 bridgehead atoms. The lowest BCUT2D eigenvalue weighted by Gasteiger charge is -2.25. The van der Waals surface area contributed by atoms with Gasteiger partial charge in [-0.2, -0.15) is 0 Å². The van der Waals surface area contributed by atoms with Crippen LogP contribution in [0.5, 0.6) is 0 Å². The number of urea groups is 1. The van der Waals surface area contributed by atoms with Crippen LogP contribution >= 0.6 is 0 Å². The molecule has 3 N–H and O–H groups in total. The van der Waals surface area contributed by atoms with E-state index in [2.05, 4.69) is 10.2 Å². The van der Waals surface area contributed by atoms with Gasteiger partial charge in [-0.15, -0.1) is 0 Å². The highest BCUT2D eigenvalue weighted by Crippen LogP contribution is 2.06. The quantitative estimate of drug-likeness (QED) is 0.651. The third-order valence-corrected chi connectivity index (χ3v) is 3.50. The van der Waals surface area contributed by atoms with Crippen LogP contribution in [-0.4, -0.2) is 77.4 Å². The van der Waals surface area contributed by atoms with Crippen molar-refractivity contribution in [1.29, 1.82) is 0 Å². The van der Waals surface area contributed by atoms with Crippen molar-refractivity contribution in [2.75, 3.05) is 39.3 Å². The van der Waals surface area contributed by atoms with Gasteiger partial charge in [-0.05, 0) is 18.9 Å². The molecule has 0 aromatic heterocycles. The molecular weight excluding hydrogens is 262 g/mol. The molecule has 0 saturated carbocycles. The fraction of sp³-hybridized carbons (Fsp3) is 0.846.